The van der Waals surface area contributed by atoms with Crippen LogP contribution in [0.25, 0.3) is 10.9 Å². The predicted octanol–water partition coefficient (Wildman–Crippen LogP) is 1.58. The minimum atomic E-state index is -1.52. The van der Waals surface area contributed by atoms with Crippen molar-refractivity contribution in [3.63, 3.8) is 0 Å². The number of rotatable bonds is 6. The predicted molar refractivity (Wildman–Crippen MR) is 92.9 cm³/mol. The number of ether oxygens (including phenoxy) is 2. The molecule has 1 aliphatic heterocycles. The van der Waals surface area contributed by atoms with Gasteiger partial charge in [-0.2, -0.15) is 0 Å². The maximum atomic E-state index is 13.9. The zero-order valence-corrected chi connectivity index (χ0v) is 14.5. The van der Waals surface area contributed by atoms with Crippen LogP contribution in [0.5, 0.6) is 11.6 Å². The molecule has 138 valence electrons. The van der Waals surface area contributed by atoms with Crippen molar-refractivity contribution in [2.24, 2.45) is 11.7 Å². The fourth-order valence-electron chi connectivity index (χ4n) is 3.21. The van der Waals surface area contributed by atoms with Gasteiger partial charge < -0.3 is 20.5 Å². The van der Waals surface area contributed by atoms with E-state index in [4.69, 9.17) is 15.2 Å². The molecular weight excluding hydrogens is 341 g/mol. The first-order valence-electron chi connectivity index (χ1n) is 8.31. The molecule has 1 fully saturated rings. The number of benzene rings is 1. The Labute approximate surface area is 149 Å². The minimum absolute atomic E-state index is 0.102. The van der Waals surface area contributed by atoms with Gasteiger partial charge in [0.25, 0.3) is 11.8 Å². The SMILES string of the molecule is CC[C@H]1C(COc2cccc3cc(C(N)=O)c(OC)nc23)NC(=O)C1F. The highest BCUT2D eigenvalue weighted by Gasteiger charge is 2.41. The van der Waals surface area contributed by atoms with E-state index in [9.17, 15) is 14.0 Å². The molecule has 3 atom stereocenters. The highest BCUT2D eigenvalue weighted by molar-refractivity contribution is 5.99. The highest BCUT2D eigenvalue weighted by Crippen LogP contribution is 2.30. The van der Waals surface area contributed by atoms with Gasteiger partial charge in [-0.15, -0.1) is 0 Å². The second-order valence-corrected chi connectivity index (χ2v) is 6.14. The average Bonchev–Trinajstić information content (AvgIpc) is 2.91. The Bertz CT molecular complexity index is 858. The molecule has 0 radical (unpaired) electrons. The van der Waals surface area contributed by atoms with Crippen molar-refractivity contribution in [2.75, 3.05) is 13.7 Å². The standard InChI is InChI=1S/C18H20FN3O4/c1-3-10-12(21-17(24)14(10)19)8-26-13-6-4-5-9-7-11(16(20)23)18(25-2)22-15(9)13/h4-7,10,12,14H,3,8H2,1-2H3,(H2,20,23)(H,21,24)/t10-,12?,14?/m0/s1. The number of amides is 2. The van der Waals surface area contributed by atoms with E-state index >= 15 is 0 Å². The van der Waals surface area contributed by atoms with Crippen molar-refractivity contribution in [1.29, 1.82) is 0 Å². The molecule has 2 unspecified atom stereocenters. The minimum Gasteiger partial charge on any atom is -0.489 e. The Hall–Kier alpha value is -2.90. The van der Waals surface area contributed by atoms with Crippen molar-refractivity contribution >= 4 is 22.7 Å². The van der Waals surface area contributed by atoms with Crippen LogP contribution < -0.4 is 20.5 Å². The van der Waals surface area contributed by atoms with Crippen LogP contribution in [0.3, 0.4) is 0 Å². The first-order valence-corrected chi connectivity index (χ1v) is 8.31. The zero-order chi connectivity index (χ0) is 18.8. The summed E-state index contributed by atoms with van der Waals surface area (Å²) in [5.41, 5.74) is 6.01. The largest absolute Gasteiger partial charge is 0.489 e. The lowest BCUT2D eigenvalue weighted by Crippen LogP contribution is -2.34. The lowest BCUT2D eigenvalue weighted by molar-refractivity contribution is -0.123. The number of nitrogens with zero attached hydrogens (tertiary/aromatic N) is 1. The summed E-state index contributed by atoms with van der Waals surface area (Å²) in [6.45, 7) is 1.95. The first kappa shape index (κ1) is 17.9. The van der Waals surface area contributed by atoms with E-state index in [1.807, 2.05) is 6.92 Å². The first-order chi connectivity index (χ1) is 12.5. The summed E-state index contributed by atoms with van der Waals surface area (Å²) >= 11 is 0. The average molecular weight is 361 g/mol. The van der Waals surface area contributed by atoms with E-state index in [1.165, 1.54) is 7.11 Å². The molecule has 3 rings (SSSR count). The molecular formula is C18H20FN3O4. The van der Waals surface area contributed by atoms with Crippen LogP contribution in [0.1, 0.15) is 23.7 Å². The van der Waals surface area contributed by atoms with Crippen LogP contribution in [-0.4, -0.2) is 42.7 Å². The molecule has 1 saturated heterocycles. The van der Waals surface area contributed by atoms with Gasteiger partial charge in [-0.25, -0.2) is 9.37 Å². The Balaban J connectivity index is 1.89. The molecule has 7 nitrogen and oxygen atoms in total. The van der Waals surface area contributed by atoms with Crippen molar-refractivity contribution in [2.45, 2.75) is 25.6 Å². The van der Waals surface area contributed by atoms with Gasteiger partial charge in [-0.05, 0) is 18.6 Å². The van der Waals surface area contributed by atoms with Crippen LogP contribution in [0.15, 0.2) is 24.3 Å². The van der Waals surface area contributed by atoms with E-state index in [0.29, 0.717) is 23.1 Å². The molecule has 0 saturated carbocycles. The second kappa shape index (κ2) is 7.15. The summed E-state index contributed by atoms with van der Waals surface area (Å²) in [7, 11) is 1.39. The van der Waals surface area contributed by atoms with Crippen molar-refractivity contribution in [3.8, 4) is 11.6 Å². The number of pyridine rings is 1. The summed E-state index contributed by atoms with van der Waals surface area (Å²) in [6.07, 6.45) is -0.991. The Kier molecular flexibility index (Phi) is 4.92. The molecule has 0 bridgehead atoms. The molecule has 2 heterocycles. The number of hydrogen-bond donors (Lipinski definition) is 2. The summed E-state index contributed by atoms with van der Waals surface area (Å²) < 4.78 is 24.8. The van der Waals surface area contributed by atoms with Crippen molar-refractivity contribution in [1.82, 2.24) is 10.3 Å². The molecule has 2 amide bonds. The third-order valence-corrected chi connectivity index (χ3v) is 4.59. The van der Waals surface area contributed by atoms with Gasteiger partial charge in [-0.3, -0.25) is 9.59 Å². The topological polar surface area (TPSA) is 104 Å². The number of fused-ring (bicyclic) bond motifs is 1. The number of aromatic nitrogens is 1. The molecule has 2 aromatic rings. The molecule has 1 aromatic heterocycles. The fourth-order valence-corrected chi connectivity index (χ4v) is 3.21. The Morgan fingerprint density at radius 1 is 1.42 bits per heavy atom. The quantitative estimate of drug-likeness (QED) is 0.813. The van der Waals surface area contributed by atoms with Crippen LogP contribution >= 0.6 is 0 Å². The number of primary amides is 1. The summed E-state index contributed by atoms with van der Waals surface area (Å²) in [5, 5.41) is 3.28. The smallest absolute Gasteiger partial charge is 0.255 e. The third-order valence-electron chi connectivity index (χ3n) is 4.59. The lowest BCUT2D eigenvalue weighted by Gasteiger charge is -2.19. The number of carbonyl (C=O) groups excluding carboxylic acids is 2. The molecule has 1 aromatic carbocycles. The van der Waals surface area contributed by atoms with E-state index in [0.717, 1.165) is 0 Å². The summed E-state index contributed by atoms with van der Waals surface area (Å²) in [5.74, 6) is -1.12. The van der Waals surface area contributed by atoms with Gasteiger partial charge in [0.2, 0.25) is 5.88 Å². The lowest BCUT2D eigenvalue weighted by atomic mass is 9.97. The third kappa shape index (κ3) is 3.14. The molecule has 0 spiro atoms. The number of alkyl halides is 1. The number of methoxy groups -OCH3 is 1. The number of nitrogens with two attached hydrogens (primary N) is 1. The van der Waals surface area contributed by atoms with Crippen LogP contribution in [0, 0.1) is 5.92 Å². The zero-order valence-electron chi connectivity index (χ0n) is 14.5. The van der Waals surface area contributed by atoms with Gasteiger partial charge >= 0.3 is 0 Å². The Morgan fingerprint density at radius 3 is 2.85 bits per heavy atom. The number of halogens is 1. The number of carbonyl (C=O) groups is 2. The number of nitrogens with one attached hydrogen (secondary N) is 1. The van der Waals surface area contributed by atoms with Crippen LogP contribution in [0.4, 0.5) is 4.39 Å². The van der Waals surface area contributed by atoms with E-state index < -0.39 is 29.9 Å². The molecule has 0 aliphatic carbocycles. The maximum absolute atomic E-state index is 13.9. The maximum Gasteiger partial charge on any atom is 0.255 e. The molecule has 8 heteroatoms. The normalized spacial score (nSPS) is 22.3. The van der Waals surface area contributed by atoms with Crippen molar-refractivity contribution in [3.05, 3.63) is 29.8 Å². The summed E-state index contributed by atoms with van der Waals surface area (Å²) in [4.78, 5) is 27.4. The van der Waals surface area contributed by atoms with Gasteiger partial charge in [-0.1, -0.05) is 19.1 Å². The Morgan fingerprint density at radius 2 is 2.19 bits per heavy atom. The van der Waals surface area contributed by atoms with E-state index in [1.54, 1.807) is 24.3 Å². The van der Waals surface area contributed by atoms with Crippen LogP contribution in [-0.2, 0) is 4.79 Å². The van der Waals surface area contributed by atoms with Gasteiger partial charge in [0, 0.05) is 11.3 Å². The number of para-hydroxylation sites is 1. The van der Waals surface area contributed by atoms with Gasteiger partial charge in [0.15, 0.2) is 6.17 Å². The fraction of sp³-hybridized carbons (Fsp3) is 0.389. The summed E-state index contributed by atoms with van der Waals surface area (Å²) in [6, 6.07) is 6.40. The monoisotopic (exact) mass is 361 g/mol. The van der Waals surface area contributed by atoms with Gasteiger partial charge in [0.05, 0.1) is 13.2 Å². The molecule has 3 N–H and O–H groups in total. The number of hydrogen-bond acceptors (Lipinski definition) is 5. The van der Waals surface area contributed by atoms with Gasteiger partial charge in [0.1, 0.15) is 23.4 Å². The molecule has 1 aliphatic rings. The molecule has 26 heavy (non-hydrogen) atoms. The van der Waals surface area contributed by atoms with E-state index in [-0.39, 0.29) is 18.1 Å². The van der Waals surface area contributed by atoms with E-state index in [2.05, 4.69) is 10.3 Å². The second-order valence-electron chi connectivity index (χ2n) is 6.14. The highest BCUT2D eigenvalue weighted by atomic mass is 19.1. The van der Waals surface area contributed by atoms with Crippen LogP contribution in [0.2, 0.25) is 0 Å². The van der Waals surface area contributed by atoms with Crippen molar-refractivity contribution < 1.29 is 23.5 Å².